The van der Waals surface area contributed by atoms with Crippen molar-refractivity contribution in [1.82, 2.24) is 4.90 Å². The van der Waals surface area contributed by atoms with Gasteiger partial charge in [0.2, 0.25) is 0 Å². The molecule has 1 fully saturated rings. The Bertz CT molecular complexity index is 691. The fourth-order valence-corrected chi connectivity index (χ4v) is 3.11. The van der Waals surface area contributed by atoms with E-state index in [1.165, 1.54) is 12.1 Å². The minimum atomic E-state index is -0.643. The molecule has 1 aliphatic rings. The number of carbonyl (C=O) groups excluding carboxylic acids is 1. The van der Waals surface area contributed by atoms with Crippen LogP contribution in [0.15, 0.2) is 40.8 Å². The fraction of sp³-hybridized carbons (Fsp3) is 0.389. The summed E-state index contributed by atoms with van der Waals surface area (Å²) in [5, 5.41) is 10.5. The molecule has 2 heterocycles. The van der Waals surface area contributed by atoms with Gasteiger partial charge in [0.05, 0.1) is 12.6 Å². The molecule has 3 N–H and O–H groups in total. The van der Waals surface area contributed by atoms with Crippen molar-refractivity contribution in [3.05, 3.63) is 59.3 Å². The van der Waals surface area contributed by atoms with Crippen LogP contribution in [0.3, 0.4) is 0 Å². The third-order valence-electron chi connectivity index (χ3n) is 4.56. The Morgan fingerprint density at radius 3 is 2.50 bits per heavy atom. The first-order valence-electron chi connectivity index (χ1n) is 8.10. The van der Waals surface area contributed by atoms with Gasteiger partial charge in [0, 0.05) is 13.1 Å². The van der Waals surface area contributed by atoms with Crippen LogP contribution in [-0.2, 0) is 6.54 Å². The van der Waals surface area contributed by atoms with E-state index < -0.39 is 6.10 Å². The Hall–Kier alpha value is -2.18. The number of likely N-dealkylation sites (tertiary alicyclic amines) is 1. The van der Waals surface area contributed by atoms with Gasteiger partial charge < -0.3 is 20.2 Å². The molecule has 24 heavy (non-hydrogen) atoms. The highest BCUT2D eigenvalue weighted by Gasteiger charge is 2.29. The quantitative estimate of drug-likeness (QED) is 0.901. The van der Waals surface area contributed by atoms with E-state index in [4.69, 9.17) is 10.2 Å². The molecule has 1 aliphatic heterocycles. The maximum atomic E-state index is 13.0. The lowest BCUT2D eigenvalue weighted by Gasteiger charge is -2.34. The zero-order valence-corrected chi connectivity index (χ0v) is 13.3. The number of piperidine rings is 1. The number of aliphatic hydroxyl groups is 1. The van der Waals surface area contributed by atoms with Crippen LogP contribution in [0.1, 0.15) is 40.8 Å². The molecule has 128 valence electrons. The average Bonchev–Trinajstić information content (AvgIpc) is 3.10. The van der Waals surface area contributed by atoms with Crippen molar-refractivity contribution in [3.8, 4) is 0 Å². The highest BCUT2D eigenvalue weighted by molar-refractivity contribution is 5.91. The number of nitrogens with zero attached hydrogens (tertiary/aromatic N) is 1. The van der Waals surface area contributed by atoms with Crippen LogP contribution < -0.4 is 5.73 Å². The second kappa shape index (κ2) is 7.15. The lowest BCUT2D eigenvalue weighted by Crippen LogP contribution is -2.39. The molecule has 6 heteroatoms. The summed E-state index contributed by atoms with van der Waals surface area (Å²) in [5.74, 6) is 0.467. The van der Waals surface area contributed by atoms with Crippen molar-refractivity contribution in [2.75, 3.05) is 13.1 Å². The number of benzene rings is 1. The predicted octanol–water partition coefficient (Wildman–Crippen LogP) is 2.46. The van der Waals surface area contributed by atoms with Gasteiger partial charge >= 0.3 is 0 Å². The number of furan rings is 1. The summed E-state index contributed by atoms with van der Waals surface area (Å²) in [6.07, 6.45) is 0.735. The first-order valence-corrected chi connectivity index (χ1v) is 8.10. The molecule has 1 saturated heterocycles. The molecule has 0 bridgehead atoms. The summed E-state index contributed by atoms with van der Waals surface area (Å²) in [7, 11) is 0. The van der Waals surface area contributed by atoms with Gasteiger partial charge in [-0.15, -0.1) is 0 Å². The summed E-state index contributed by atoms with van der Waals surface area (Å²) in [6.45, 7) is 1.38. The van der Waals surface area contributed by atoms with E-state index in [0.29, 0.717) is 43.0 Å². The predicted molar refractivity (Wildman–Crippen MR) is 86.6 cm³/mol. The standard InChI is InChI=1S/C18H21FN2O3/c19-14-3-1-12(2-4-14)17(22)13-7-9-21(10-8-13)18(23)16-6-5-15(11-20)24-16/h1-6,13,17,22H,7-11,20H2. The highest BCUT2D eigenvalue weighted by Crippen LogP contribution is 2.31. The van der Waals surface area contributed by atoms with Crippen LogP contribution in [0, 0.1) is 11.7 Å². The topological polar surface area (TPSA) is 79.7 Å². The number of nitrogens with two attached hydrogens (primary N) is 1. The Kier molecular flexibility index (Phi) is 4.97. The normalized spacial score (nSPS) is 17.0. The number of aliphatic hydroxyl groups excluding tert-OH is 1. The lowest BCUT2D eigenvalue weighted by atomic mass is 9.87. The zero-order valence-electron chi connectivity index (χ0n) is 13.3. The summed E-state index contributed by atoms with van der Waals surface area (Å²) in [4.78, 5) is 14.1. The van der Waals surface area contributed by atoms with E-state index in [9.17, 15) is 14.3 Å². The van der Waals surface area contributed by atoms with Gasteiger partial charge in [-0.1, -0.05) is 12.1 Å². The van der Waals surface area contributed by atoms with Gasteiger partial charge in [0.1, 0.15) is 11.6 Å². The van der Waals surface area contributed by atoms with Crippen molar-refractivity contribution in [2.45, 2.75) is 25.5 Å². The first-order chi connectivity index (χ1) is 11.6. The van der Waals surface area contributed by atoms with Gasteiger partial charge in [-0.3, -0.25) is 4.79 Å². The fourth-order valence-electron chi connectivity index (χ4n) is 3.11. The number of hydrogen-bond donors (Lipinski definition) is 2. The van der Waals surface area contributed by atoms with Crippen LogP contribution in [0.4, 0.5) is 4.39 Å². The highest BCUT2D eigenvalue weighted by atomic mass is 19.1. The molecule has 1 aromatic carbocycles. The molecular weight excluding hydrogens is 311 g/mol. The third kappa shape index (κ3) is 3.49. The Balaban J connectivity index is 1.58. The summed E-state index contributed by atoms with van der Waals surface area (Å²) < 4.78 is 18.4. The van der Waals surface area contributed by atoms with E-state index >= 15 is 0 Å². The summed E-state index contributed by atoms with van der Waals surface area (Å²) in [6, 6.07) is 9.26. The average molecular weight is 332 g/mol. The van der Waals surface area contributed by atoms with E-state index in [1.54, 1.807) is 29.2 Å². The monoisotopic (exact) mass is 332 g/mol. The number of amides is 1. The number of carbonyl (C=O) groups is 1. The van der Waals surface area contributed by atoms with Crippen LogP contribution in [0.2, 0.25) is 0 Å². The molecule has 0 saturated carbocycles. The van der Waals surface area contributed by atoms with Crippen molar-refractivity contribution >= 4 is 5.91 Å². The molecule has 3 rings (SSSR count). The third-order valence-corrected chi connectivity index (χ3v) is 4.56. The van der Waals surface area contributed by atoms with Crippen molar-refractivity contribution in [2.24, 2.45) is 11.7 Å². The minimum absolute atomic E-state index is 0.0516. The molecule has 5 nitrogen and oxygen atoms in total. The van der Waals surface area contributed by atoms with Gasteiger partial charge in [0.25, 0.3) is 5.91 Å². The minimum Gasteiger partial charge on any atom is -0.455 e. The molecule has 0 spiro atoms. The van der Waals surface area contributed by atoms with Gasteiger partial charge in [0.15, 0.2) is 5.76 Å². The number of hydrogen-bond acceptors (Lipinski definition) is 4. The number of rotatable bonds is 4. The molecule has 1 amide bonds. The molecule has 1 unspecified atom stereocenters. The molecule has 1 aromatic heterocycles. The van der Waals surface area contributed by atoms with Crippen molar-refractivity contribution < 1.29 is 18.7 Å². The SMILES string of the molecule is NCc1ccc(C(=O)N2CCC(C(O)c3ccc(F)cc3)CC2)o1. The summed E-state index contributed by atoms with van der Waals surface area (Å²) in [5.41, 5.74) is 6.20. The second-order valence-electron chi connectivity index (χ2n) is 6.10. The van der Waals surface area contributed by atoms with Gasteiger partial charge in [-0.25, -0.2) is 4.39 Å². The first kappa shape index (κ1) is 16.7. The van der Waals surface area contributed by atoms with Crippen LogP contribution in [0.25, 0.3) is 0 Å². The van der Waals surface area contributed by atoms with Crippen LogP contribution >= 0.6 is 0 Å². The second-order valence-corrected chi connectivity index (χ2v) is 6.10. The Morgan fingerprint density at radius 2 is 1.92 bits per heavy atom. The molecule has 0 radical (unpaired) electrons. The maximum Gasteiger partial charge on any atom is 0.289 e. The Labute approximate surface area is 139 Å². The van der Waals surface area contributed by atoms with Crippen LogP contribution in [0.5, 0.6) is 0 Å². The van der Waals surface area contributed by atoms with Crippen molar-refractivity contribution in [1.29, 1.82) is 0 Å². The molecular formula is C18H21FN2O3. The van der Waals surface area contributed by atoms with E-state index in [1.807, 2.05) is 0 Å². The molecule has 0 aliphatic carbocycles. The van der Waals surface area contributed by atoms with E-state index in [2.05, 4.69) is 0 Å². The number of halogens is 1. The molecule has 1 atom stereocenters. The van der Waals surface area contributed by atoms with E-state index in [-0.39, 0.29) is 24.2 Å². The summed E-state index contributed by atoms with van der Waals surface area (Å²) >= 11 is 0. The smallest absolute Gasteiger partial charge is 0.289 e. The Morgan fingerprint density at radius 1 is 1.25 bits per heavy atom. The maximum absolute atomic E-state index is 13.0. The van der Waals surface area contributed by atoms with Crippen molar-refractivity contribution in [3.63, 3.8) is 0 Å². The van der Waals surface area contributed by atoms with Crippen LogP contribution in [-0.4, -0.2) is 29.0 Å². The van der Waals surface area contributed by atoms with Gasteiger partial charge in [-0.2, -0.15) is 0 Å². The largest absolute Gasteiger partial charge is 0.455 e. The molecule has 2 aromatic rings. The lowest BCUT2D eigenvalue weighted by molar-refractivity contribution is 0.0441. The zero-order chi connectivity index (χ0) is 17.1. The van der Waals surface area contributed by atoms with Gasteiger partial charge in [-0.05, 0) is 48.6 Å². The van der Waals surface area contributed by atoms with E-state index in [0.717, 1.165) is 0 Å².